The average molecular weight is 176 g/mol. The Morgan fingerprint density at radius 3 is 2.38 bits per heavy atom. The highest BCUT2D eigenvalue weighted by Crippen LogP contribution is 2.36. The summed E-state index contributed by atoms with van der Waals surface area (Å²) in [5.74, 6) is 0.882. The second-order valence-corrected chi connectivity index (χ2v) is 3.95. The van der Waals surface area contributed by atoms with Crippen molar-refractivity contribution < 1.29 is 0 Å². The summed E-state index contributed by atoms with van der Waals surface area (Å²) in [4.78, 5) is 0. The first-order valence-electron chi connectivity index (χ1n) is 4.87. The zero-order valence-electron chi connectivity index (χ0n) is 7.74. The molecule has 0 amide bonds. The second-order valence-electron chi connectivity index (χ2n) is 3.95. The summed E-state index contributed by atoms with van der Waals surface area (Å²) < 4.78 is 0. The number of anilines is 1. The van der Waals surface area contributed by atoms with Crippen molar-refractivity contribution in [2.24, 2.45) is 11.7 Å². The smallest absolute Gasteiger partial charge is 0.0314 e. The quantitative estimate of drug-likeness (QED) is 0.693. The van der Waals surface area contributed by atoms with Gasteiger partial charge in [0, 0.05) is 11.7 Å². The fourth-order valence-corrected chi connectivity index (χ4v) is 1.59. The van der Waals surface area contributed by atoms with Gasteiger partial charge >= 0.3 is 0 Å². The minimum atomic E-state index is 0.202. The lowest BCUT2D eigenvalue weighted by Crippen LogP contribution is -2.10. The van der Waals surface area contributed by atoms with Crippen LogP contribution < -0.4 is 11.5 Å². The van der Waals surface area contributed by atoms with E-state index in [0.29, 0.717) is 0 Å². The van der Waals surface area contributed by atoms with Crippen LogP contribution in [0.2, 0.25) is 0 Å². The maximum atomic E-state index is 6.05. The standard InChI is InChI=1S/C11H16N2/c12-10-5-3-9(4-6-10)11(13)7-8-1-2-8/h3-6,8,11H,1-2,7,12-13H2. The van der Waals surface area contributed by atoms with Gasteiger partial charge in [-0.3, -0.25) is 0 Å². The zero-order chi connectivity index (χ0) is 9.26. The van der Waals surface area contributed by atoms with E-state index in [-0.39, 0.29) is 6.04 Å². The summed E-state index contributed by atoms with van der Waals surface area (Å²) >= 11 is 0. The Bertz CT molecular complexity index is 275. The number of hydrogen-bond acceptors (Lipinski definition) is 2. The molecule has 0 radical (unpaired) electrons. The SMILES string of the molecule is Nc1ccc(C(N)CC2CC2)cc1. The Hall–Kier alpha value is -1.02. The number of hydrogen-bond donors (Lipinski definition) is 2. The van der Waals surface area contributed by atoms with E-state index in [1.807, 2.05) is 24.3 Å². The number of nitrogen functional groups attached to an aromatic ring is 1. The first-order chi connectivity index (χ1) is 6.25. The lowest BCUT2D eigenvalue weighted by molar-refractivity contribution is 0.597. The van der Waals surface area contributed by atoms with E-state index in [1.165, 1.54) is 18.4 Å². The minimum Gasteiger partial charge on any atom is -0.399 e. The van der Waals surface area contributed by atoms with Gasteiger partial charge in [0.05, 0.1) is 0 Å². The van der Waals surface area contributed by atoms with Gasteiger partial charge < -0.3 is 11.5 Å². The van der Waals surface area contributed by atoms with Crippen molar-refractivity contribution >= 4 is 5.69 Å². The molecule has 0 saturated heterocycles. The lowest BCUT2D eigenvalue weighted by Gasteiger charge is -2.10. The maximum absolute atomic E-state index is 6.05. The third-order valence-corrected chi connectivity index (χ3v) is 2.65. The molecule has 1 saturated carbocycles. The predicted octanol–water partition coefficient (Wildman–Crippen LogP) is 2.07. The molecule has 4 N–H and O–H groups in total. The van der Waals surface area contributed by atoms with Crippen LogP contribution >= 0.6 is 0 Å². The van der Waals surface area contributed by atoms with E-state index in [2.05, 4.69) is 0 Å². The van der Waals surface area contributed by atoms with E-state index >= 15 is 0 Å². The zero-order valence-corrected chi connectivity index (χ0v) is 7.74. The van der Waals surface area contributed by atoms with Crippen LogP contribution in [0.1, 0.15) is 30.9 Å². The Balaban J connectivity index is 2.01. The summed E-state index contributed by atoms with van der Waals surface area (Å²) in [5, 5.41) is 0. The van der Waals surface area contributed by atoms with Gasteiger partial charge in [-0.1, -0.05) is 25.0 Å². The molecule has 1 aromatic rings. The van der Waals surface area contributed by atoms with Crippen LogP contribution in [0.4, 0.5) is 5.69 Å². The summed E-state index contributed by atoms with van der Waals surface area (Å²) in [6.07, 6.45) is 3.86. The molecular formula is C11H16N2. The van der Waals surface area contributed by atoms with Crippen molar-refractivity contribution in [3.05, 3.63) is 29.8 Å². The van der Waals surface area contributed by atoms with Crippen molar-refractivity contribution in [1.29, 1.82) is 0 Å². The summed E-state index contributed by atoms with van der Waals surface area (Å²) in [5.41, 5.74) is 13.7. The molecule has 1 aliphatic rings. The van der Waals surface area contributed by atoms with Gasteiger partial charge in [-0.25, -0.2) is 0 Å². The fourth-order valence-electron chi connectivity index (χ4n) is 1.59. The first kappa shape index (κ1) is 8.57. The molecule has 70 valence electrons. The van der Waals surface area contributed by atoms with Crippen LogP contribution in [-0.4, -0.2) is 0 Å². The second kappa shape index (κ2) is 3.38. The number of rotatable bonds is 3. The van der Waals surface area contributed by atoms with Crippen molar-refractivity contribution in [2.75, 3.05) is 5.73 Å². The monoisotopic (exact) mass is 176 g/mol. The van der Waals surface area contributed by atoms with Gasteiger partial charge in [-0.2, -0.15) is 0 Å². The molecule has 0 heterocycles. The Labute approximate surface area is 78.9 Å². The van der Waals surface area contributed by atoms with E-state index < -0.39 is 0 Å². The van der Waals surface area contributed by atoms with Crippen molar-refractivity contribution in [3.63, 3.8) is 0 Å². The van der Waals surface area contributed by atoms with Crippen LogP contribution in [0, 0.1) is 5.92 Å². The lowest BCUT2D eigenvalue weighted by atomic mass is 10.0. The number of nitrogens with two attached hydrogens (primary N) is 2. The molecule has 1 atom stereocenters. The van der Waals surface area contributed by atoms with Gasteiger partial charge in [-0.15, -0.1) is 0 Å². The Kier molecular flexibility index (Phi) is 2.23. The molecule has 2 heteroatoms. The Morgan fingerprint density at radius 2 is 1.85 bits per heavy atom. The molecule has 0 aromatic heterocycles. The van der Waals surface area contributed by atoms with E-state index in [4.69, 9.17) is 11.5 Å². The van der Waals surface area contributed by atoms with Crippen molar-refractivity contribution in [3.8, 4) is 0 Å². The van der Waals surface area contributed by atoms with Gasteiger partial charge in [0.25, 0.3) is 0 Å². The topological polar surface area (TPSA) is 52.0 Å². The van der Waals surface area contributed by atoms with Crippen LogP contribution in [0.25, 0.3) is 0 Å². The molecule has 1 unspecified atom stereocenters. The average Bonchev–Trinajstić information content (AvgIpc) is 2.89. The highest BCUT2D eigenvalue weighted by Gasteiger charge is 2.24. The molecule has 13 heavy (non-hydrogen) atoms. The van der Waals surface area contributed by atoms with Crippen LogP contribution in [0.5, 0.6) is 0 Å². The molecular weight excluding hydrogens is 160 g/mol. The van der Waals surface area contributed by atoms with E-state index in [9.17, 15) is 0 Å². The molecule has 1 aliphatic carbocycles. The minimum absolute atomic E-state index is 0.202. The molecule has 1 fully saturated rings. The van der Waals surface area contributed by atoms with Crippen LogP contribution in [0.3, 0.4) is 0 Å². The molecule has 1 aromatic carbocycles. The van der Waals surface area contributed by atoms with Gasteiger partial charge in [-0.05, 0) is 30.0 Å². The predicted molar refractivity (Wildman–Crippen MR) is 55.1 cm³/mol. The summed E-state index contributed by atoms with van der Waals surface area (Å²) in [7, 11) is 0. The highest BCUT2D eigenvalue weighted by molar-refractivity contribution is 5.40. The van der Waals surface area contributed by atoms with E-state index in [1.54, 1.807) is 0 Å². The molecule has 0 aliphatic heterocycles. The van der Waals surface area contributed by atoms with Crippen LogP contribution in [0.15, 0.2) is 24.3 Å². The molecule has 0 bridgehead atoms. The fraction of sp³-hybridized carbons (Fsp3) is 0.455. The van der Waals surface area contributed by atoms with Crippen molar-refractivity contribution in [2.45, 2.75) is 25.3 Å². The number of benzene rings is 1. The van der Waals surface area contributed by atoms with Gasteiger partial charge in [0.1, 0.15) is 0 Å². The largest absolute Gasteiger partial charge is 0.399 e. The van der Waals surface area contributed by atoms with Crippen LogP contribution in [-0.2, 0) is 0 Å². The maximum Gasteiger partial charge on any atom is 0.0314 e. The first-order valence-corrected chi connectivity index (χ1v) is 4.87. The van der Waals surface area contributed by atoms with Crippen molar-refractivity contribution in [1.82, 2.24) is 0 Å². The van der Waals surface area contributed by atoms with E-state index in [0.717, 1.165) is 18.0 Å². The third kappa shape index (κ3) is 2.22. The molecule has 2 rings (SSSR count). The molecule has 2 nitrogen and oxygen atoms in total. The highest BCUT2D eigenvalue weighted by atomic mass is 14.6. The van der Waals surface area contributed by atoms with Gasteiger partial charge in [0.15, 0.2) is 0 Å². The molecule has 0 spiro atoms. The van der Waals surface area contributed by atoms with Gasteiger partial charge in [0.2, 0.25) is 0 Å². The Morgan fingerprint density at radius 1 is 1.23 bits per heavy atom. The third-order valence-electron chi connectivity index (χ3n) is 2.65. The summed E-state index contributed by atoms with van der Waals surface area (Å²) in [6, 6.07) is 8.10. The summed E-state index contributed by atoms with van der Waals surface area (Å²) in [6.45, 7) is 0. The normalized spacial score (nSPS) is 18.5.